The van der Waals surface area contributed by atoms with Crippen molar-refractivity contribution < 1.29 is 26.3 Å². The monoisotopic (exact) mass is 474 g/mol. The molecule has 4 nitrogen and oxygen atoms in total. The molecule has 11 heteroatoms. The number of anilines is 1. The molecule has 3 aromatic rings. The topological polar surface area (TPSA) is 52.7 Å². The second-order valence-corrected chi connectivity index (χ2v) is 8.12. The number of benzene rings is 2. The molecule has 0 spiro atoms. The Kier molecular flexibility index (Phi) is 6.68. The molecule has 2 aromatic carbocycles. The van der Waals surface area contributed by atoms with Crippen molar-refractivity contribution in [2.45, 2.75) is 38.7 Å². The number of hydrogen-bond acceptors (Lipinski definition) is 2. The van der Waals surface area contributed by atoms with Crippen LogP contribution in [0.5, 0.6) is 0 Å². The molecule has 0 radical (unpaired) electrons. The van der Waals surface area contributed by atoms with Gasteiger partial charge in [0.1, 0.15) is 5.82 Å². The van der Waals surface area contributed by atoms with Crippen LogP contribution in [0.1, 0.15) is 43.3 Å². The van der Waals surface area contributed by atoms with Crippen molar-refractivity contribution in [3.8, 4) is 0 Å². The lowest BCUT2D eigenvalue weighted by Crippen LogP contribution is -2.33. The number of thiocarbonyl (C=S) groups is 1. The molecule has 0 amide bonds. The van der Waals surface area contributed by atoms with Gasteiger partial charge in [0.25, 0.3) is 0 Å². The summed E-state index contributed by atoms with van der Waals surface area (Å²) >= 11 is 5.19. The van der Waals surface area contributed by atoms with Crippen molar-refractivity contribution >= 4 is 34.1 Å². The van der Waals surface area contributed by atoms with Crippen LogP contribution in [0.25, 0.3) is 11.0 Å². The average Bonchev–Trinajstić information content (AvgIpc) is 3.09. The SMILES string of the molecule is CC(C)C[C@H](NC(=S)Nc1cc(C(F)(F)F)cc(C(F)(F)F)c1)c1nc2ccccc2[nH]1. The Morgan fingerprint density at radius 1 is 1.00 bits per heavy atom. The number of fused-ring (bicyclic) bond motifs is 1. The first kappa shape index (κ1) is 23.8. The van der Waals surface area contributed by atoms with Crippen LogP contribution in [0.15, 0.2) is 42.5 Å². The predicted molar refractivity (Wildman–Crippen MR) is 114 cm³/mol. The Morgan fingerprint density at radius 2 is 1.59 bits per heavy atom. The van der Waals surface area contributed by atoms with Gasteiger partial charge in [-0.3, -0.25) is 0 Å². The van der Waals surface area contributed by atoms with E-state index in [-0.39, 0.29) is 17.1 Å². The van der Waals surface area contributed by atoms with Gasteiger partial charge >= 0.3 is 12.4 Å². The van der Waals surface area contributed by atoms with E-state index in [0.29, 0.717) is 24.4 Å². The fourth-order valence-corrected chi connectivity index (χ4v) is 3.46. The molecule has 0 aliphatic carbocycles. The quantitative estimate of drug-likeness (QED) is 0.285. The molecule has 0 aliphatic rings. The number of rotatable bonds is 5. The smallest absolute Gasteiger partial charge is 0.352 e. The van der Waals surface area contributed by atoms with Crippen LogP contribution in [-0.4, -0.2) is 15.1 Å². The summed E-state index contributed by atoms with van der Waals surface area (Å²) in [6.07, 6.45) is -9.32. The van der Waals surface area contributed by atoms with E-state index in [9.17, 15) is 26.3 Å². The molecule has 1 atom stereocenters. The zero-order valence-electron chi connectivity index (χ0n) is 17.0. The largest absolute Gasteiger partial charge is 0.416 e. The van der Waals surface area contributed by atoms with Gasteiger partial charge in [0.15, 0.2) is 5.11 Å². The molecule has 0 bridgehead atoms. The molecular weight excluding hydrogens is 454 g/mol. The number of alkyl halides is 6. The molecule has 32 heavy (non-hydrogen) atoms. The van der Waals surface area contributed by atoms with E-state index in [0.717, 1.165) is 11.0 Å². The van der Waals surface area contributed by atoms with Crippen LogP contribution in [-0.2, 0) is 12.4 Å². The third-order valence-corrected chi connectivity index (χ3v) is 4.82. The van der Waals surface area contributed by atoms with Crippen molar-refractivity contribution in [1.29, 1.82) is 0 Å². The Balaban J connectivity index is 1.86. The first-order valence-corrected chi connectivity index (χ1v) is 10.1. The Hall–Kier alpha value is -2.82. The standard InChI is InChI=1S/C21H20F6N4S/c1-11(2)7-17(18-29-15-5-3-4-6-16(15)30-18)31-19(32)28-14-9-12(20(22,23)24)8-13(10-14)21(25,26)27/h3-6,8-11,17H,7H2,1-2H3,(H,29,30)(H2,28,31,32)/t17-/m0/s1. The number of imidazole rings is 1. The third kappa shape index (κ3) is 5.90. The van der Waals surface area contributed by atoms with Gasteiger partial charge < -0.3 is 15.6 Å². The van der Waals surface area contributed by atoms with E-state index in [2.05, 4.69) is 20.6 Å². The highest BCUT2D eigenvalue weighted by atomic mass is 32.1. The highest BCUT2D eigenvalue weighted by Gasteiger charge is 2.37. The summed E-state index contributed by atoms with van der Waals surface area (Å²) in [5.41, 5.74) is -1.74. The molecule has 3 N–H and O–H groups in total. The maximum Gasteiger partial charge on any atom is 0.416 e. The van der Waals surface area contributed by atoms with Crippen molar-refractivity contribution in [1.82, 2.24) is 15.3 Å². The van der Waals surface area contributed by atoms with Gasteiger partial charge in [-0.25, -0.2) is 4.98 Å². The molecule has 3 rings (SSSR count). The maximum atomic E-state index is 13.1. The molecule has 0 fully saturated rings. The highest BCUT2D eigenvalue weighted by Crippen LogP contribution is 2.37. The number of aromatic nitrogens is 2. The number of halogens is 6. The second kappa shape index (κ2) is 8.97. The van der Waals surface area contributed by atoms with Crippen LogP contribution in [0.4, 0.5) is 32.0 Å². The first-order valence-electron chi connectivity index (χ1n) is 9.64. The van der Waals surface area contributed by atoms with E-state index in [1.165, 1.54) is 0 Å². The minimum atomic E-state index is -4.94. The molecule has 0 unspecified atom stereocenters. The lowest BCUT2D eigenvalue weighted by Gasteiger charge is -2.22. The summed E-state index contributed by atoms with van der Waals surface area (Å²) in [6, 6.07) is 8.13. The van der Waals surface area contributed by atoms with Gasteiger partial charge in [0.2, 0.25) is 0 Å². The van der Waals surface area contributed by atoms with Crippen LogP contribution in [0, 0.1) is 5.92 Å². The number of nitrogens with zero attached hydrogens (tertiary/aromatic N) is 1. The van der Waals surface area contributed by atoms with E-state index in [1.807, 2.05) is 38.1 Å². The number of aromatic amines is 1. The minimum Gasteiger partial charge on any atom is -0.352 e. The highest BCUT2D eigenvalue weighted by molar-refractivity contribution is 7.80. The molecule has 0 aliphatic heterocycles. The lowest BCUT2D eigenvalue weighted by atomic mass is 10.0. The van der Waals surface area contributed by atoms with Gasteiger partial charge in [-0.15, -0.1) is 0 Å². The minimum absolute atomic E-state index is 0.0671. The summed E-state index contributed by atoms with van der Waals surface area (Å²) in [4.78, 5) is 7.69. The van der Waals surface area contributed by atoms with Gasteiger partial charge in [0.05, 0.1) is 28.2 Å². The molecule has 172 valence electrons. The van der Waals surface area contributed by atoms with Crippen LogP contribution < -0.4 is 10.6 Å². The normalized spacial score (nSPS) is 13.4. The number of hydrogen-bond donors (Lipinski definition) is 3. The summed E-state index contributed by atoms with van der Waals surface area (Å²) < 4.78 is 78.6. The molecular formula is C21H20F6N4S. The zero-order chi connectivity index (χ0) is 23.7. The zero-order valence-corrected chi connectivity index (χ0v) is 17.8. The summed E-state index contributed by atoms with van der Waals surface area (Å²) in [6.45, 7) is 3.94. The second-order valence-electron chi connectivity index (χ2n) is 7.71. The average molecular weight is 474 g/mol. The molecule has 0 saturated heterocycles. The predicted octanol–water partition coefficient (Wildman–Crippen LogP) is 6.67. The van der Waals surface area contributed by atoms with Crippen LogP contribution in [0.2, 0.25) is 0 Å². The Morgan fingerprint density at radius 3 is 2.12 bits per heavy atom. The lowest BCUT2D eigenvalue weighted by molar-refractivity contribution is -0.143. The van der Waals surface area contributed by atoms with Crippen LogP contribution in [0.3, 0.4) is 0 Å². The first-order chi connectivity index (χ1) is 14.8. The maximum absolute atomic E-state index is 13.1. The van der Waals surface area contributed by atoms with E-state index in [1.54, 1.807) is 0 Å². The van der Waals surface area contributed by atoms with Crippen molar-refractivity contribution in [2.75, 3.05) is 5.32 Å². The van der Waals surface area contributed by atoms with Gasteiger partial charge in [-0.1, -0.05) is 26.0 Å². The summed E-state index contributed by atoms with van der Waals surface area (Å²) in [7, 11) is 0. The molecule has 1 aromatic heterocycles. The summed E-state index contributed by atoms with van der Waals surface area (Å²) in [5.74, 6) is 0.762. The van der Waals surface area contributed by atoms with Crippen molar-refractivity contribution in [3.05, 3.63) is 59.4 Å². The Labute approximate surface area is 185 Å². The molecule has 1 heterocycles. The number of para-hydroxylation sites is 2. The van der Waals surface area contributed by atoms with Crippen molar-refractivity contribution in [2.24, 2.45) is 5.92 Å². The van der Waals surface area contributed by atoms with Gasteiger partial charge in [-0.2, -0.15) is 26.3 Å². The van der Waals surface area contributed by atoms with E-state index in [4.69, 9.17) is 12.2 Å². The fourth-order valence-electron chi connectivity index (χ4n) is 3.20. The Bertz CT molecular complexity index is 1040. The number of H-pyrrole nitrogens is 1. The van der Waals surface area contributed by atoms with Gasteiger partial charge in [-0.05, 0) is 54.9 Å². The van der Waals surface area contributed by atoms with Crippen molar-refractivity contribution in [3.63, 3.8) is 0 Å². The van der Waals surface area contributed by atoms with E-state index < -0.39 is 35.2 Å². The number of nitrogens with one attached hydrogen (secondary N) is 3. The molecule has 0 saturated carbocycles. The summed E-state index contributed by atoms with van der Waals surface area (Å²) in [5, 5.41) is 5.29. The fraction of sp³-hybridized carbons (Fsp3) is 0.333. The third-order valence-electron chi connectivity index (χ3n) is 4.60. The van der Waals surface area contributed by atoms with Gasteiger partial charge in [0, 0.05) is 5.69 Å². The van der Waals surface area contributed by atoms with Crippen LogP contribution >= 0.6 is 12.2 Å². The van der Waals surface area contributed by atoms with E-state index >= 15 is 0 Å².